The highest BCUT2D eigenvalue weighted by Gasteiger charge is 2.19. The van der Waals surface area contributed by atoms with Crippen molar-refractivity contribution in [3.8, 4) is 28.6 Å². The van der Waals surface area contributed by atoms with Gasteiger partial charge in [-0.25, -0.2) is 9.97 Å². The van der Waals surface area contributed by atoms with E-state index in [1.807, 2.05) is 39.1 Å². The minimum atomic E-state index is 0.154. The molecular weight excluding hydrogens is 354 g/mol. The first-order valence-electron chi connectivity index (χ1n) is 10.1. The van der Waals surface area contributed by atoms with Crippen LogP contribution in [0.15, 0.2) is 18.2 Å². The molecule has 1 N–H and O–H groups in total. The number of nitrogens with one attached hydrogen (secondary N) is 1. The molecule has 0 aliphatic rings. The standard InChI is InChI=1S/C22H33N3O3/c1-7-10-16(11-8-2)28-22-21(23-5)25-20(15(4)24-22)18-13-12-17(27-9-3)14-19(18)26-6/h12-14,16H,7-11H2,1-6H3,(H,23,25). The Kier molecular flexibility index (Phi) is 8.36. The minimum Gasteiger partial charge on any atom is -0.496 e. The third-order valence-corrected chi connectivity index (χ3v) is 4.51. The Morgan fingerprint density at radius 1 is 1.07 bits per heavy atom. The van der Waals surface area contributed by atoms with Crippen LogP contribution in [0.2, 0.25) is 0 Å². The summed E-state index contributed by atoms with van der Waals surface area (Å²) in [6.45, 7) is 8.85. The third kappa shape index (κ3) is 5.27. The van der Waals surface area contributed by atoms with Crippen molar-refractivity contribution in [1.29, 1.82) is 0 Å². The molecule has 0 radical (unpaired) electrons. The Morgan fingerprint density at radius 3 is 2.36 bits per heavy atom. The normalized spacial score (nSPS) is 10.8. The van der Waals surface area contributed by atoms with Gasteiger partial charge in [-0.3, -0.25) is 0 Å². The smallest absolute Gasteiger partial charge is 0.257 e. The summed E-state index contributed by atoms with van der Waals surface area (Å²) in [5, 5.41) is 3.13. The van der Waals surface area contributed by atoms with Gasteiger partial charge < -0.3 is 19.5 Å². The number of anilines is 1. The van der Waals surface area contributed by atoms with E-state index in [0.29, 0.717) is 24.1 Å². The number of nitrogens with zero attached hydrogens (tertiary/aromatic N) is 2. The molecule has 0 saturated heterocycles. The zero-order valence-electron chi connectivity index (χ0n) is 18.0. The van der Waals surface area contributed by atoms with Crippen LogP contribution >= 0.6 is 0 Å². The molecule has 0 atom stereocenters. The van der Waals surface area contributed by atoms with E-state index in [1.54, 1.807) is 7.11 Å². The number of ether oxygens (including phenoxy) is 3. The fourth-order valence-electron chi connectivity index (χ4n) is 3.19. The van der Waals surface area contributed by atoms with Gasteiger partial charge in [0.1, 0.15) is 17.6 Å². The van der Waals surface area contributed by atoms with E-state index in [9.17, 15) is 0 Å². The number of hydrogen-bond donors (Lipinski definition) is 1. The molecule has 1 aromatic heterocycles. The van der Waals surface area contributed by atoms with Gasteiger partial charge in [0.15, 0.2) is 5.82 Å². The number of aromatic nitrogens is 2. The van der Waals surface area contributed by atoms with Gasteiger partial charge in [0.05, 0.1) is 25.1 Å². The molecule has 0 aliphatic heterocycles. The summed E-state index contributed by atoms with van der Waals surface area (Å²) in [5.41, 5.74) is 2.43. The van der Waals surface area contributed by atoms with Crippen LogP contribution in [-0.2, 0) is 0 Å². The molecule has 0 aliphatic carbocycles. The molecule has 0 unspecified atom stereocenters. The van der Waals surface area contributed by atoms with Crippen LogP contribution in [0.5, 0.6) is 17.4 Å². The predicted molar refractivity (Wildman–Crippen MR) is 114 cm³/mol. The largest absolute Gasteiger partial charge is 0.496 e. The molecule has 1 aromatic carbocycles. The molecule has 28 heavy (non-hydrogen) atoms. The van der Waals surface area contributed by atoms with Gasteiger partial charge in [0, 0.05) is 18.7 Å². The van der Waals surface area contributed by atoms with Crippen LogP contribution in [0.4, 0.5) is 5.82 Å². The lowest BCUT2D eigenvalue weighted by Gasteiger charge is -2.20. The lowest BCUT2D eigenvalue weighted by atomic mass is 10.1. The van der Waals surface area contributed by atoms with Crippen molar-refractivity contribution in [1.82, 2.24) is 9.97 Å². The van der Waals surface area contributed by atoms with E-state index in [0.717, 1.165) is 48.4 Å². The van der Waals surface area contributed by atoms with Crippen molar-refractivity contribution in [2.24, 2.45) is 0 Å². The van der Waals surface area contributed by atoms with Gasteiger partial charge in [-0.05, 0) is 38.8 Å². The van der Waals surface area contributed by atoms with Gasteiger partial charge in [-0.1, -0.05) is 26.7 Å². The number of hydrogen-bond acceptors (Lipinski definition) is 6. The molecular formula is C22H33N3O3. The number of rotatable bonds is 11. The molecule has 0 amide bonds. The first-order valence-corrected chi connectivity index (χ1v) is 10.1. The summed E-state index contributed by atoms with van der Waals surface area (Å²) < 4.78 is 17.4. The van der Waals surface area contributed by atoms with Crippen molar-refractivity contribution in [3.05, 3.63) is 23.9 Å². The van der Waals surface area contributed by atoms with Gasteiger partial charge in [-0.15, -0.1) is 0 Å². The van der Waals surface area contributed by atoms with Gasteiger partial charge >= 0.3 is 0 Å². The first kappa shape index (κ1) is 21.8. The molecule has 2 aromatic rings. The molecule has 0 saturated carbocycles. The van der Waals surface area contributed by atoms with E-state index in [2.05, 4.69) is 19.2 Å². The molecule has 0 fully saturated rings. The molecule has 1 heterocycles. The average molecular weight is 388 g/mol. The second-order valence-corrected chi connectivity index (χ2v) is 6.67. The van der Waals surface area contributed by atoms with Crippen molar-refractivity contribution < 1.29 is 14.2 Å². The summed E-state index contributed by atoms with van der Waals surface area (Å²) >= 11 is 0. The number of aryl methyl sites for hydroxylation is 1. The lowest BCUT2D eigenvalue weighted by molar-refractivity contribution is 0.171. The molecule has 2 rings (SSSR count). The Labute approximate surface area is 168 Å². The molecule has 0 bridgehead atoms. The summed E-state index contributed by atoms with van der Waals surface area (Å²) in [5.74, 6) is 2.66. The number of methoxy groups -OCH3 is 1. The number of benzene rings is 1. The van der Waals surface area contributed by atoms with Crippen LogP contribution in [0.3, 0.4) is 0 Å². The van der Waals surface area contributed by atoms with Crippen LogP contribution in [0, 0.1) is 6.92 Å². The molecule has 0 spiro atoms. The van der Waals surface area contributed by atoms with Gasteiger partial charge in [0.25, 0.3) is 5.88 Å². The SMILES string of the molecule is CCCC(CCC)Oc1nc(C)c(-c2ccc(OCC)cc2OC)nc1NC. The maximum absolute atomic E-state index is 6.21. The third-order valence-electron chi connectivity index (χ3n) is 4.51. The van der Waals surface area contributed by atoms with Crippen molar-refractivity contribution >= 4 is 5.82 Å². The van der Waals surface area contributed by atoms with E-state index < -0.39 is 0 Å². The fourth-order valence-corrected chi connectivity index (χ4v) is 3.19. The highest BCUT2D eigenvalue weighted by molar-refractivity contribution is 5.72. The Morgan fingerprint density at radius 2 is 1.79 bits per heavy atom. The van der Waals surface area contributed by atoms with Crippen molar-refractivity contribution in [3.63, 3.8) is 0 Å². The zero-order chi connectivity index (χ0) is 20.5. The highest BCUT2D eigenvalue weighted by Crippen LogP contribution is 2.36. The summed E-state index contributed by atoms with van der Waals surface area (Å²) in [6.07, 6.45) is 4.32. The van der Waals surface area contributed by atoms with Crippen molar-refractivity contribution in [2.45, 2.75) is 59.5 Å². The van der Waals surface area contributed by atoms with Crippen LogP contribution in [0.1, 0.15) is 52.1 Å². The summed E-state index contributed by atoms with van der Waals surface area (Å²) in [7, 11) is 3.48. The van der Waals surface area contributed by atoms with Crippen LogP contribution in [0.25, 0.3) is 11.3 Å². The predicted octanol–water partition coefficient (Wildman–Crippen LogP) is 5.25. The highest BCUT2D eigenvalue weighted by atomic mass is 16.5. The molecule has 154 valence electrons. The maximum Gasteiger partial charge on any atom is 0.257 e. The Balaban J connectivity index is 2.42. The fraction of sp³-hybridized carbons (Fsp3) is 0.545. The van der Waals surface area contributed by atoms with E-state index in [-0.39, 0.29) is 6.10 Å². The summed E-state index contributed by atoms with van der Waals surface area (Å²) in [6, 6.07) is 5.75. The second-order valence-electron chi connectivity index (χ2n) is 6.67. The summed E-state index contributed by atoms with van der Waals surface area (Å²) in [4.78, 5) is 9.52. The van der Waals surface area contributed by atoms with E-state index >= 15 is 0 Å². The average Bonchev–Trinajstić information content (AvgIpc) is 2.69. The van der Waals surface area contributed by atoms with Gasteiger partial charge in [-0.2, -0.15) is 0 Å². The second kappa shape index (κ2) is 10.7. The van der Waals surface area contributed by atoms with E-state index in [1.165, 1.54) is 0 Å². The minimum absolute atomic E-state index is 0.154. The maximum atomic E-state index is 6.21. The Hall–Kier alpha value is -2.50. The molecule has 6 heteroatoms. The van der Waals surface area contributed by atoms with Crippen molar-refractivity contribution in [2.75, 3.05) is 26.1 Å². The topological polar surface area (TPSA) is 65.5 Å². The van der Waals surface area contributed by atoms with Gasteiger partial charge in [0.2, 0.25) is 0 Å². The molecule has 6 nitrogen and oxygen atoms in total. The van der Waals surface area contributed by atoms with Crippen LogP contribution in [-0.4, -0.2) is 36.8 Å². The quantitative estimate of drug-likeness (QED) is 0.568. The lowest BCUT2D eigenvalue weighted by Crippen LogP contribution is -2.18. The zero-order valence-corrected chi connectivity index (χ0v) is 18.0. The van der Waals surface area contributed by atoms with Crippen LogP contribution < -0.4 is 19.5 Å². The van der Waals surface area contributed by atoms with E-state index in [4.69, 9.17) is 24.2 Å². The monoisotopic (exact) mass is 387 g/mol. The first-order chi connectivity index (χ1) is 13.6. The Bertz CT molecular complexity index is 759.